The molecule has 0 radical (unpaired) electrons. The minimum Gasteiger partial charge on any atom is -0.399 e. The Hall–Kier alpha value is -2.63. The van der Waals surface area contributed by atoms with Crippen LogP contribution in [-0.4, -0.2) is 10.5 Å². The minimum atomic E-state index is -0.531. The third kappa shape index (κ3) is 4.17. The number of carbonyl (C=O) groups is 1. The highest BCUT2D eigenvalue weighted by Gasteiger charge is 2.07. The maximum absolute atomic E-state index is 13.5. The fourth-order valence-electron chi connectivity index (χ4n) is 1.91. The number of carbonyl (C=O) groups excluding carboxylic acids is 1. The monoisotopic (exact) mass is 289 g/mol. The Morgan fingerprint density at radius 2 is 2.10 bits per heavy atom. The van der Waals surface area contributed by atoms with Crippen LogP contribution in [0.1, 0.15) is 12.8 Å². The third-order valence-electron chi connectivity index (χ3n) is 2.97. The van der Waals surface area contributed by atoms with E-state index < -0.39 is 5.82 Å². The van der Waals surface area contributed by atoms with Gasteiger partial charge in [-0.25, -0.2) is 4.39 Å². The van der Waals surface area contributed by atoms with Gasteiger partial charge in [0.05, 0.1) is 5.69 Å². The Labute approximate surface area is 121 Å². The van der Waals surface area contributed by atoms with Crippen LogP contribution in [0.25, 0.3) is 0 Å². The van der Waals surface area contributed by atoms with Gasteiger partial charge >= 0.3 is 0 Å². The molecule has 0 bridgehead atoms. The van der Waals surface area contributed by atoms with Crippen molar-refractivity contribution in [1.29, 1.82) is 0 Å². The van der Waals surface area contributed by atoms with Crippen LogP contribution in [0.2, 0.25) is 0 Å². The lowest BCUT2D eigenvalue weighted by atomic mass is 10.2. The number of nitrogen functional groups attached to an aromatic ring is 1. The molecule has 0 fully saturated rings. The van der Waals surface area contributed by atoms with E-state index in [1.54, 1.807) is 18.3 Å². The van der Waals surface area contributed by atoms with Crippen LogP contribution >= 0.6 is 0 Å². The van der Waals surface area contributed by atoms with Gasteiger partial charge in [-0.15, -0.1) is 0 Å². The second kappa shape index (κ2) is 6.69. The third-order valence-corrected chi connectivity index (χ3v) is 2.97. The van der Waals surface area contributed by atoms with Crippen molar-refractivity contribution in [3.63, 3.8) is 0 Å². The van der Waals surface area contributed by atoms with E-state index in [0.29, 0.717) is 18.7 Å². The Kier molecular flexibility index (Phi) is 4.71. The molecule has 1 heterocycles. The molecule has 0 unspecified atom stereocenters. The highest BCUT2D eigenvalue weighted by Crippen LogP contribution is 2.17. The van der Waals surface area contributed by atoms with E-state index in [0.717, 1.165) is 0 Å². The summed E-state index contributed by atoms with van der Waals surface area (Å²) in [6.45, 7) is 0.437. The van der Waals surface area contributed by atoms with E-state index >= 15 is 0 Å². The van der Waals surface area contributed by atoms with Crippen molar-refractivity contribution in [1.82, 2.24) is 4.57 Å². The van der Waals surface area contributed by atoms with E-state index in [9.17, 15) is 14.0 Å². The number of aryl methyl sites for hydroxylation is 1. The molecular weight excluding hydrogens is 273 g/mol. The van der Waals surface area contributed by atoms with Crippen molar-refractivity contribution >= 4 is 17.3 Å². The molecule has 2 aromatic rings. The highest BCUT2D eigenvalue weighted by molar-refractivity contribution is 5.91. The molecule has 2 rings (SSSR count). The molecule has 0 aliphatic heterocycles. The van der Waals surface area contributed by atoms with Gasteiger partial charge in [0.15, 0.2) is 0 Å². The van der Waals surface area contributed by atoms with Gasteiger partial charge in [0, 0.05) is 30.9 Å². The van der Waals surface area contributed by atoms with Gasteiger partial charge in [0.1, 0.15) is 5.82 Å². The van der Waals surface area contributed by atoms with Gasteiger partial charge in [-0.2, -0.15) is 0 Å². The van der Waals surface area contributed by atoms with Gasteiger partial charge in [-0.3, -0.25) is 9.59 Å². The van der Waals surface area contributed by atoms with E-state index in [1.165, 1.54) is 28.8 Å². The fraction of sp³-hybridized carbons (Fsp3) is 0.200. The van der Waals surface area contributed by atoms with Crippen molar-refractivity contribution in [2.75, 3.05) is 11.1 Å². The largest absolute Gasteiger partial charge is 0.399 e. The van der Waals surface area contributed by atoms with E-state index in [-0.39, 0.29) is 23.6 Å². The summed E-state index contributed by atoms with van der Waals surface area (Å²) in [4.78, 5) is 23.2. The summed E-state index contributed by atoms with van der Waals surface area (Å²) in [6, 6.07) is 8.87. The first-order chi connectivity index (χ1) is 10.1. The van der Waals surface area contributed by atoms with Crippen LogP contribution in [0, 0.1) is 5.82 Å². The first-order valence-electron chi connectivity index (χ1n) is 6.56. The standard InChI is InChI=1S/C15H16FN3O2/c16-12-7-6-11(17)10-13(12)18-14(20)4-3-9-19-8-2-1-5-15(19)21/h1-2,5-8,10H,3-4,9,17H2,(H,18,20). The van der Waals surface area contributed by atoms with E-state index in [2.05, 4.69) is 5.32 Å². The lowest BCUT2D eigenvalue weighted by Crippen LogP contribution is -2.19. The molecule has 5 nitrogen and oxygen atoms in total. The maximum Gasteiger partial charge on any atom is 0.250 e. The Morgan fingerprint density at radius 3 is 2.86 bits per heavy atom. The van der Waals surface area contributed by atoms with Crippen LogP contribution in [0.5, 0.6) is 0 Å². The summed E-state index contributed by atoms with van der Waals surface area (Å²) in [5, 5.41) is 2.47. The number of nitrogens with zero attached hydrogens (tertiary/aromatic N) is 1. The molecule has 3 N–H and O–H groups in total. The zero-order valence-corrected chi connectivity index (χ0v) is 11.4. The quantitative estimate of drug-likeness (QED) is 0.826. The minimum absolute atomic E-state index is 0.0666. The van der Waals surface area contributed by atoms with Gasteiger partial charge in [0.25, 0.3) is 0 Å². The fourth-order valence-corrected chi connectivity index (χ4v) is 1.91. The summed E-state index contributed by atoms with van der Waals surface area (Å²) < 4.78 is 15.0. The Bertz CT molecular complexity index is 697. The summed E-state index contributed by atoms with van der Waals surface area (Å²) >= 11 is 0. The topological polar surface area (TPSA) is 77.1 Å². The number of rotatable bonds is 5. The molecule has 1 aromatic heterocycles. The second-order valence-corrected chi connectivity index (χ2v) is 4.62. The smallest absolute Gasteiger partial charge is 0.250 e. The van der Waals surface area contributed by atoms with Gasteiger partial charge in [-0.05, 0) is 30.7 Å². The molecule has 0 aliphatic carbocycles. The molecule has 110 valence electrons. The molecular formula is C15H16FN3O2. The molecule has 0 atom stereocenters. The molecule has 0 saturated heterocycles. The van der Waals surface area contributed by atoms with Crippen LogP contribution in [-0.2, 0) is 11.3 Å². The summed E-state index contributed by atoms with van der Waals surface area (Å²) in [6.07, 6.45) is 2.34. The number of hydrogen-bond acceptors (Lipinski definition) is 3. The number of benzene rings is 1. The molecule has 1 aromatic carbocycles. The molecule has 21 heavy (non-hydrogen) atoms. The molecule has 0 aliphatic rings. The number of nitrogens with one attached hydrogen (secondary N) is 1. The SMILES string of the molecule is Nc1ccc(F)c(NC(=O)CCCn2ccccc2=O)c1. The second-order valence-electron chi connectivity index (χ2n) is 4.62. The predicted octanol–water partition coefficient (Wildman–Crippen LogP) is 1.99. The molecule has 6 heteroatoms. The summed E-state index contributed by atoms with van der Waals surface area (Å²) in [5.41, 5.74) is 5.87. The van der Waals surface area contributed by atoms with Crippen molar-refractivity contribution in [3.05, 3.63) is 58.8 Å². The number of nitrogens with two attached hydrogens (primary N) is 1. The lowest BCUT2D eigenvalue weighted by Gasteiger charge is -2.08. The highest BCUT2D eigenvalue weighted by atomic mass is 19.1. The molecule has 1 amide bonds. The average molecular weight is 289 g/mol. The van der Waals surface area contributed by atoms with Crippen molar-refractivity contribution in [2.24, 2.45) is 0 Å². The van der Waals surface area contributed by atoms with Gasteiger partial charge < -0.3 is 15.6 Å². The summed E-state index contributed by atoms with van der Waals surface area (Å²) in [5.74, 6) is -0.847. The number of pyridine rings is 1. The van der Waals surface area contributed by atoms with Crippen LogP contribution in [0.3, 0.4) is 0 Å². The summed E-state index contributed by atoms with van der Waals surface area (Å²) in [7, 11) is 0. The average Bonchev–Trinajstić information content (AvgIpc) is 2.45. The van der Waals surface area contributed by atoms with Crippen molar-refractivity contribution in [2.45, 2.75) is 19.4 Å². The van der Waals surface area contributed by atoms with Gasteiger partial charge in [0.2, 0.25) is 11.5 Å². The Morgan fingerprint density at radius 1 is 1.29 bits per heavy atom. The molecule has 0 saturated carbocycles. The van der Waals surface area contributed by atoms with Crippen LogP contribution in [0.4, 0.5) is 15.8 Å². The van der Waals surface area contributed by atoms with Crippen molar-refractivity contribution < 1.29 is 9.18 Å². The zero-order valence-electron chi connectivity index (χ0n) is 11.4. The van der Waals surface area contributed by atoms with Crippen LogP contribution in [0.15, 0.2) is 47.4 Å². The van der Waals surface area contributed by atoms with Gasteiger partial charge in [-0.1, -0.05) is 6.07 Å². The number of hydrogen-bond donors (Lipinski definition) is 2. The van der Waals surface area contributed by atoms with E-state index in [1.807, 2.05) is 0 Å². The number of anilines is 2. The van der Waals surface area contributed by atoms with E-state index in [4.69, 9.17) is 5.73 Å². The first-order valence-corrected chi connectivity index (χ1v) is 6.56. The number of amides is 1. The van der Waals surface area contributed by atoms with Crippen LogP contribution < -0.4 is 16.6 Å². The predicted molar refractivity (Wildman–Crippen MR) is 79.4 cm³/mol. The molecule has 0 spiro atoms. The Balaban J connectivity index is 1.87. The first kappa shape index (κ1) is 14.8. The number of halogens is 1. The lowest BCUT2D eigenvalue weighted by molar-refractivity contribution is -0.116. The maximum atomic E-state index is 13.5. The number of aromatic nitrogens is 1. The van der Waals surface area contributed by atoms with Crippen molar-refractivity contribution in [3.8, 4) is 0 Å². The zero-order chi connectivity index (χ0) is 15.2. The normalized spacial score (nSPS) is 10.3.